The Morgan fingerprint density at radius 1 is 1.19 bits per heavy atom. The molecule has 3 N–H and O–H groups in total. The molecule has 3 fully saturated rings. The SMILES string of the molecule is CC[C@H](O)[C@@H](C)[C@H]1O[C@@H]1C[C@H](C)/C=C/C=C(\C)[C@H]1OC(=O)C[C@H](O)CC[C@@](C)(O)[C@@H](OC(=O)N2CC[N+]3(CCCC3)CC2)/C=C/[C@@H]1C.[I-]. The maximum absolute atomic E-state index is 13.3. The molecule has 4 aliphatic rings. The molecule has 0 aliphatic carbocycles. The summed E-state index contributed by atoms with van der Waals surface area (Å²) in [5.74, 6) is -0.421. The fourth-order valence-corrected chi connectivity index (χ4v) is 7.50. The first-order chi connectivity index (χ1) is 22.2. The third-order valence-electron chi connectivity index (χ3n) is 11.0. The topological polar surface area (TPSA) is 129 Å². The Morgan fingerprint density at radius 2 is 1.85 bits per heavy atom. The normalized spacial score (nSPS) is 35.5. The molecule has 0 bridgehead atoms. The van der Waals surface area contributed by atoms with Gasteiger partial charge in [0.25, 0.3) is 0 Å². The van der Waals surface area contributed by atoms with Gasteiger partial charge in [0, 0.05) is 24.7 Å². The number of aliphatic hydroxyl groups excluding tert-OH is 2. The van der Waals surface area contributed by atoms with E-state index in [9.17, 15) is 24.9 Å². The first kappa shape index (κ1) is 40.9. The van der Waals surface area contributed by atoms with Gasteiger partial charge in [0.2, 0.25) is 0 Å². The third-order valence-corrected chi connectivity index (χ3v) is 11.0. The van der Waals surface area contributed by atoms with Crippen molar-refractivity contribution in [1.82, 2.24) is 4.90 Å². The molecule has 1 spiro atoms. The Kier molecular flexibility index (Phi) is 15.4. The van der Waals surface area contributed by atoms with Gasteiger partial charge in [0.05, 0.1) is 70.1 Å². The smallest absolute Gasteiger partial charge is 0.410 e. The number of hydrogen-bond acceptors (Lipinski definition) is 8. The second kappa shape index (κ2) is 18.1. The summed E-state index contributed by atoms with van der Waals surface area (Å²) in [4.78, 5) is 27.9. The molecule has 0 saturated carbocycles. The van der Waals surface area contributed by atoms with Crippen molar-refractivity contribution in [2.45, 2.75) is 129 Å². The number of aliphatic hydroxyl groups is 3. The summed E-state index contributed by atoms with van der Waals surface area (Å²) in [7, 11) is 0. The van der Waals surface area contributed by atoms with Crippen LogP contribution in [0.15, 0.2) is 36.0 Å². The number of ether oxygens (including phenoxy) is 3. The predicted molar refractivity (Wildman–Crippen MR) is 180 cm³/mol. The van der Waals surface area contributed by atoms with Crippen molar-refractivity contribution in [2.75, 3.05) is 39.3 Å². The van der Waals surface area contributed by atoms with Gasteiger partial charge in [-0.05, 0) is 57.1 Å². The molecule has 48 heavy (non-hydrogen) atoms. The summed E-state index contributed by atoms with van der Waals surface area (Å²) >= 11 is 0. The van der Waals surface area contributed by atoms with Gasteiger partial charge in [-0.2, -0.15) is 0 Å². The molecular weight excluding hydrogens is 727 g/mol. The van der Waals surface area contributed by atoms with Gasteiger partial charge >= 0.3 is 12.1 Å². The highest BCUT2D eigenvalue weighted by atomic mass is 127. The minimum atomic E-state index is -1.44. The highest BCUT2D eigenvalue weighted by Gasteiger charge is 2.45. The molecule has 1 amide bonds. The highest BCUT2D eigenvalue weighted by Crippen LogP contribution is 2.36. The van der Waals surface area contributed by atoms with Crippen molar-refractivity contribution in [1.29, 1.82) is 0 Å². The molecule has 4 heterocycles. The van der Waals surface area contributed by atoms with Gasteiger partial charge in [-0.1, -0.05) is 52.0 Å². The minimum absolute atomic E-state index is 0. The van der Waals surface area contributed by atoms with Gasteiger partial charge in [-0.3, -0.25) is 9.69 Å². The number of halogens is 1. The van der Waals surface area contributed by atoms with Gasteiger partial charge in [-0.25, -0.2) is 4.79 Å². The second-order valence-electron chi connectivity index (χ2n) is 15.1. The summed E-state index contributed by atoms with van der Waals surface area (Å²) < 4.78 is 18.8. The number of allylic oxidation sites excluding steroid dienone is 3. The average molecular weight is 789 g/mol. The number of nitrogens with zero attached hydrogens (tertiary/aromatic N) is 2. The summed E-state index contributed by atoms with van der Waals surface area (Å²) in [5, 5.41) is 32.3. The standard InChI is InChI=1S/C37H61N2O8.HI/c1-7-30(41)28(5)35-31(45-35)23-25(2)11-10-12-26(3)34-27(4)13-14-32(37(6,44)16-15-29(40)24-33(42)47-34)46-36(43)38-17-21-39(22-18-38)19-8-9-20-39;/h10-14,25,27-32,34-35,40-41,44H,7-9,15-24H2,1-6H3;1H/q+1;/p-1/b11-10+,14-13+,26-12+;/t25-,27+,28-,29-,30+,31-,32+,34-,35-,37-;/m1./s1. The molecule has 0 aromatic carbocycles. The monoisotopic (exact) mass is 788 g/mol. The van der Waals surface area contributed by atoms with Crippen molar-refractivity contribution in [3.63, 3.8) is 0 Å². The van der Waals surface area contributed by atoms with Crippen LogP contribution >= 0.6 is 0 Å². The fourth-order valence-electron chi connectivity index (χ4n) is 7.50. The number of amides is 1. The van der Waals surface area contributed by atoms with E-state index in [2.05, 4.69) is 13.0 Å². The van der Waals surface area contributed by atoms with Gasteiger partial charge in [0.1, 0.15) is 11.7 Å². The lowest BCUT2D eigenvalue weighted by Gasteiger charge is -2.42. The van der Waals surface area contributed by atoms with Crippen LogP contribution in [0.5, 0.6) is 0 Å². The van der Waals surface area contributed by atoms with Crippen molar-refractivity contribution in [2.24, 2.45) is 17.8 Å². The van der Waals surface area contributed by atoms with Gasteiger partial charge in [0.15, 0.2) is 6.10 Å². The van der Waals surface area contributed by atoms with Crippen molar-refractivity contribution >= 4 is 12.1 Å². The van der Waals surface area contributed by atoms with E-state index in [1.54, 1.807) is 17.9 Å². The Labute approximate surface area is 305 Å². The average Bonchev–Trinajstić information content (AvgIpc) is 3.65. The molecule has 274 valence electrons. The van der Waals surface area contributed by atoms with Crippen LogP contribution in [-0.2, 0) is 19.0 Å². The predicted octanol–water partition coefficient (Wildman–Crippen LogP) is 1.52. The quantitative estimate of drug-likeness (QED) is 0.0803. The Bertz CT molecular complexity index is 1140. The zero-order valence-corrected chi connectivity index (χ0v) is 32.1. The highest BCUT2D eigenvalue weighted by molar-refractivity contribution is 5.70. The van der Waals surface area contributed by atoms with Crippen molar-refractivity contribution < 1.29 is 67.6 Å². The minimum Gasteiger partial charge on any atom is -1.00 e. The van der Waals surface area contributed by atoms with Crippen LogP contribution < -0.4 is 24.0 Å². The van der Waals surface area contributed by atoms with E-state index < -0.39 is 36.0 Å². The van der Waals surface area contributed by atoms with Crippen LogP contribution in [0, 0.1) is 17.8 Å². The van der Waals surface area contributed by atoms with E-state index in [0.29, 0.717) is 13.1 Å². The molecule has 3 saturated heterocycles. The molecule has 11 heteroatoms. The number of cyclic esters (lactones) is 1. The second-order valence-corrected chi connectivity index (χ2v) is 15.1. The summed E-state index contributed by atoms with van der Waals surface area (Å²) in [5.41, 5.74) is -0.608. The molecule has 10 atom stereocenters. The number of quaternary nitrogens is 1. The maximum Gasteiger partial charge on any atom is 0.410 e. The molecule has 10 nitrogen and oxygen atoms in total. The molecule has 0 radical (unpaired) electrons. The van der Waals surface area contributed by atoms with E-state index in [1.807, 2.05) is 45.9 Å². The first-order valence-electron chi connectivity index (χ1n) is 18.0. The van der Waals surface area contributed by atoms with Crippen molar-refractivity contribution in [3.8, 4) is 0 Å². The zero-order valence-electron chi connectivity index (χ0n) is 29.9. The lowest BCUT2D eigenvalue weighted by atomic mass is 9.88. The summed E-state index contributed by atoms with van der Waals surface area (Å²) in [6.07, 6.45) is 10.7. The maximum atomic E-state index is 13.3. The number of esters is 1. The van der Waals surface area contributed by atoms with E-state index >= 15 is 0 Å². The Morgan fingerprint density at radius 3 is 2.50 bits per heavy atom. The van der Waals surface area contributed by atoms with Crippen LogP contribution in [0.4, 0.5) is 4.79 Å². The van der Waals surface area contributed by atoms with Gasteiger partial charge in [-0.15, -0.1) is 0 Å². The lowest BCUT2D eigenvalue weighted by molar-refractivity contribution is -0.920. The Hall–Kier alpha value is -1.51. The number of rotatable bonds is 9. The fraction of sp³-hybridized carbons (Fsp3) is 0.784. The van der Waals surface area contributed by atoms with E-state index in [1.165, 1.54) is 25.9 Å². The number of carbonyl (C=O) groups excluding carboxylic acids is 2. The van der Waals surface area contributed by atoms with Gasteiger partial charge < -0.3 is 58.0 Å². The van der Waals surface area contributed by atoms with Crippen LogP contribution in [0.25, 0.3) is 0 Å². The molecule has 0 aromatic rings. The molecule has 4 rings (SSSR count). The van der Waals surface area contributed by atoms with E-state index in [0.717, 1.165) is 36.0 Å². The Balaban J connectivity index is 0.00000625. The zero-order chi connectivity index (χ0) is 34.4. The molecule has 0 aromatic heterocycles. The number of hydrogen-bond donors (Lipinski definition) is 3. The van der Waals surface area contributed by atoms with Crippen LogP contribution in [0.1, 0.15) is 86.5 Å². The largest absolute Gasteiger partial charge is 1.00 e. The van der Waals surface area contributed by atoms with Crippen LogP contribution in [0.2, 0.25) is 0 Å². The summed E-state index contributed by atoms with van der Waals surface area (Å²) in [6, 6.07) is 0. The van der Waals surface area contributed by atoms with E-state index in [4.69, 9.17) is 14.2 Å². The van der Waals surface area contributed by atoms with Crippen LogP contribution in [-0.4, -0.2) is 118 Å². The van der Waals surface area contributed by atoms with E-state index in [-0.39, 0.29) is 79.3 Å². The van der Waals surface area contributed by atoms with Crippen LogP contribution in [0.3, 0.4) is 0 Å². The first-order valence-corrected chi connectivity index (χ1v) is 18.0. The number of carbonyl (C=O) groups is 2. The molecular formula is C37H61IN2O8. The summed E-state index contributed by atoms with van der Waals surface area (Å²) in [6.45, 7) is 17.1. The number of epoxide rings is 1. The van der Waals surface area contributed by atoms with Crippen molar-refractivity contribution in [3.05, 3.63) is 36.0 Å². The lowest BCUT2D eigenvalue weighted by Crippen LogP contribution is -3.00. The molecule has 0 unspecified atom stereocenters. The third kappa shape index (κ3) is 11.2. The molecule has 4 aliphatic heterocycles. The number of piperazine rings is 1.